The minimum Gasteiger partial charge on any atom is -0.465 e. The summed E-state index contributed by atoms with van der Waals surface area (Å²) in [6.07, 6.45) is 0. The molecule has 0 aromatic carbocycles. The number of thiazole rings is 1. The Morgan fingerprint density at radius 1 is 1.14 bits per heavy atom. The fraction of sp³-hybridized carbons (Fsp3) is 0.375. The van der Waals surface area contributed by atoms with Crippen molar-refractivity contribution >= 4 is 51.3 Å². The first kappa shape index (κ1) is 20.8. The van der Waals surface area contributed by atoms with Crippen LogP contribution in [0.3, 0.4) is 0 Å². The number of rotatable bonds is 5. The van der Waals surface area contributed by atoms with E-state index < -0.39 is 17.2 Å². The first-order chi connectivity index (χ1) is 13.6. The number of carbonyl (C=O) groups excluding carboxylic acids is 2. The summed E-state index contributed by atoms with van der Waals surface area (Å²) in [5, 5.41) is 3.33. The summed E-state index contributed by atoms with van der Waals surface area (Å²) in [7, 11) is 5.85. The van der Waals surface area contributed by atoms with Gasteiger partial charge in [0.25, 0.3) is 5.56 Å². The molecule has 0 atom stereocenters. The minimum atomic E-state index is -0.512. The van der Waals surface area contributed by atoms with E-state index in [1.807, 2.05) is 0 Å². The number of esters is 1. The first-order valence-corrected chi connectivity index (χ1v) is 10.1. The fourth-order valence-electron chi connectivity index (χ4n) is 2.64. The predicted molar refractivity (Wildman–Crippen MR) is 109 cm³/mol. The van der Waals surface area contributed by atoms with Crippen LogP contribution >= 0.6 is 23.1 Å². The molecule has 154 valence electrons. The molecule has 13 heteroatoms. The molecule has 0 radical (unpaired) electrons. The molecule has 0 spiro atoms. The van der Waals surface area contributed by atoms with Gasteiger partial charge in [-0.3, -0.25) is 18.7 Å². The maximum atomic E-state index is 12.4. The topological polar surface area (TPSA) is 130 Å². The minimum absolute atomic E-state index is 0.00237. The summed E-state index contributed by atoms with van der Waals surface area (Å²) >= 11 is 2.14. The quantitative estimate of drug-likeness (QED) is 0.443. The number of nitrogens with zero attached hydrogens (tertiary/aromatic N) is 5. The standard InChI is InChI=1S/C16H18N6O5S2/c1-7-10(13(25)27-5)29-14(17-7)18-8(23)6-28-15-19-11-9(20(15)2)12(24)22(4)16(26)21(11)3/h6H2,1-5H3,(H,17,18,23). The molecule has 0 bridgehead atoms. The number of amides is 1. The SMILES string of the molecule is COC(=O)c1sc(NC(=O)CSc2nc3c(c(=O)n(C)c(=O)n3C)n2C)nc1C. The molecule has 0 aliphatic heterocycles. The lowest BCUT2D eigenvalue weighted by Gasteiger charge is -2.03. The second-order valence-corrected chi connectivity index (χ2v) is 8.03. The number of aryl methyl sites for hydroxylation is 3. The van der Waals surface area contributed by atoms with Crippen LogP contribution < -0.4 is 16.6 Å². The summed E-state index contributed by atoms with van der Waals surface area (Å²) in [6, 6.07) is 0. The Balaban J connectivity index is 1.78. The molecule has 1 amide bonds. The van der Waals surface area contributed by atoms with E-state index in [1.165, 1.54) is 25.8 Å². The number of carbonyl (C=O) groups is 2. The Morgan fingerprint density at radius 2 is 1.83 bits per heavy atom. The molecule has 0 unspecified atom stereocenters. The van der Waals surface area contributed by atoms with Crippen LogP contribution in [0, 0.1) is 6.92 Å². The molecule has 0 fully saturated rings. The molecule has 1 N–H and O–H groups in total. The Labute approximate surface area is 172 Å². The normalized spacial score (nSPS) is 11.1. The smallest absolute Gasteiger partial charge is 0.350 e. The van der Waals surface area contributed by atoms with Gasteiger partial charge in [-0.15, -0.1) is 0 Å². The third kappa shape index (κ3) is 3.70. The maximum Gasteiger partial charge on any atom is 0.350 e. The average molecular weight is 438 g/mol. The van der Waals surface area contributed by atoms with Gasteiger partial charge in [0.15, 0.2) is 21.5 Å². The zero-order valence-electron chi connectivity index (χ0n) is 16.3. The number of nitrogens with one attached hydrogen (secondary N) is 1. The number of thioether (sulfide) groups is 1. The lowest BCUT2D eigenvalue weighted by Crippen LogP contribution is -2.37. The molecule has 0 saturated carbocycles. The molecule has 3 aromatic rings. The van der Waals surface area contributed by atoms with Crippen LogP contribution in [0.25, 0.3) is 11.2 Å². The Bertz CT molecular complexity index is 1250. The molecule has 0 aliphatic carbocycles. The van der Waals surface area contributed by atoms with E-state index >= 15 is 0 Å². The van der Waals surface area contributed by atoms with Crippen LogP contribution in [-0.4, -0.2) is 48.4 Å². The summed E-state index contributed by atoms with van der Waals surface area (Å²) in [5.74, 6) is -0.867. The molecular weight excluding hydrogens is 420 g/mol. The molecule has 0 aliphatic rings. The molecule has 3 heterocycles. The number of methoxy groups -OCH3 is 1. The zero-order valence-corrected chi connectivity index (χ0v) is 17.9. The van der Waals surface area contributed by atoms with Gasteiger partial charge in [0, 0.05) is 21.1 Å². The fourth-order valence-corrected chi connectivity index (χ4v) is 4.31. The number of imidazole rings is 1. The van der Waals surface area contributed by atoms with Gasteiger partial charge in [0.1, 0.15) is 4.88 Å². The van der Waals surface area contributed by atoms with E-state index in [9.17, 15) is 19.2 Å². The zero-order chi connectivity index (χ0) is 21.5. The third-order valence-electron chi connectivity index (χ3n) is 4.18. The van der Waals surface area contributed by atoms with Crippen LogP contribution in [0.5, 0.6) is 0 Å². The highest BCUT2D eigenvalue weighted by molar-refractivity contribution is 7.99. The highest BCUT2D eigenvalue weighted by Gasteiger charge is 2.19. The van der Waals surface area contributed by atoms with Crippen molar-refractivity contribution in [3.63, 3.8) is 0 Å². The highest BCUT2D eigenvalue weighted by Crippen LogP contribution is 2.24. The van der Waals surface area contributed by atoms with E-state index in [-0.39, 0.29) is 28.0 Å². The van der Waals surface area contributed by atoms with Crippen LogP contribution in [0.4, 0.5) is 5.13 Å². The van der Waals surface area contributed by atoms with Gasteiger partial charge in [-0.25, -0.2) is 19.6 Å². The molecule has 3 aromatic heterocycles. The molecule has 0 saturated heterocycles. The van der Waals surface area contributed by atoms with Gasteiger partial charge in [0.05, 0.1) is 18.6 Å². The van der Waals surface area contributed by atoms with Crippen molar-refractivity contribution in [1.82, 2.24) is 23.7 Å². The second kappa shape index (κ2) is 7.83. The molecule has 3 rings (SSSR count). The lowest BCUT2D eigenvalue weighted by atomic mass is 10.4. The van der Waals surface area contributed by atoms with Crippen molar-refractivity contribution in [2.45, 2.75) is 12.1 Å². The number of hydrogen-bond acceptors (Lipinski definition) is 9. The van der Waals surface area contributed by atoms with E-state index in [0.717, 1.165) is 27.7 Å². The monoisotopic (exact) mass is 438 g/mol. The van der Waals surface area contributed by atoms with Gasteiger partial charge >= 0.3 is 11.7 Å². The van der Waals surface area contributed by atoms with Crippen molar-refractivity contribution in [2.24, 2.45) is 21.1 Å². The van der Waals surface area contributed by atoms with Gasteiger partial charge in [0.2, 0.25) is 5.91 Å². The maximum absolute atomic E-state index is 12.4. The Kier molecular flexibility index (Phi) is 5.61. The Morgan fingerprint density at radius 3 is 2.48 bits per heavy atom. The van der Waals surface area contributed by atoms with E-state index in [2.05, 4.69) is 20.0 Å². The van der Waals surface area contributed by atoms with Crippen molar-refractivity contribution in [2.75, 3.05) is 18.2 Å². The predicted octanol–water partition coefficient (Wildman–Crippen LogP) is 0.253. The van der Waals surface area contributed by atoms with Crippen LogP contribution in [0.15, 0.2) is 14.7 Å². The number of anilines is 1. The third-order valence-corrected chi connectivity index (χ3v) is 6.26. The van der Waals surface area contributed by atoms with E-state index in [4.69, 9.17) is 0 Å². The largest absolute Gasteiger partial charge is 0.465 e. The number of hydrogen-bond donors (Lipinski definition) is 1. The first-order valence-electron chi connectivity index (χ1n) is 8.26. The second-order valence-electron chi connectivity index (χ2n) is 6.09. The van der Waals surface area contributed by atoms with Gasteiger partial charge in [-0.1, -0.05) is 23.1 Å². The van der Waals surface area contributed by atoms with Crippen LogP contribution in [0.2, 0.25) is 0 Å². The molecule has 11 nitrogen and oxygen atoms in total. The number of ether oxygens (including phenoxy) is 1. The van der Waals surface area contributed by atoms with Gasteiger partial charge in [-0.2, -0.15) is 0 Å². The van der Waals surface area contributed by atoms with E-state index in [0.29, 0.717) is 15.7 Å². The van der Waals surface area contributed by atoms with Crippen molar-refractivity contribution in [3.8, 4) is 0 Å². The summed E-state index contributed by atoms with van der Waals surface area (Å²) in [6.45, 7) is 1.65. The lowest BCUT2D eigenvalue weighted by molar-refractivity contribution is -0.113. The van der Waals surface area contributed by atoms with E-state index in [1.54, 1.807) is 18.5 Å². The summed E-state index contributed by atoms with van der Waals surface area (Å²) < 4.78 is 8.52. The van der Waals surface area contributed by atoms with Crippen molar-refractivity contribution in [1.29, 1.82) is 0 Å². The van der Waals surface area contributed by atoms with Crippen molar-refractivity contribution < 1.29 is 14.3 Å². The summed E-state index contributed by atoms with van der Waals surface area (Å²) in [4.78, 5) is 57.1. The van der Waals surface area contributed by atoms with Crippen LogP contribution in [0.1, 0.15) is 15.4 Å². The molecular formula is C16H18N6O5S2. The van der Waals surface area contributed by atoms with Gasteiger partial charge < -0.3 is 14.6 Å². The van der Waals surface area contributed by atoms with Crippen molar-refractivity contribution in [3.05, 3.63) is 31.4 Å². The van der Waals surface area contributed by atoms with Gasteiger partial charge in [-0.05, 0) is 6.92 Å². The summed E-state index contributed by atoms with van der Waals surface area (Å²) in [5.41, 5.74) is 0.0629. The highest BCUT2D eigenvalue weighted by atomic mass is 32.2. The molecule has 29 heavy (non-hydrogen) atoms. The van der Waals surface area contributed by atoms with Crippen LogP contribution in [-0.2, 0) is 30.7 Å². The number of fused-ring (bicyclic) bond motifs is 1. The Hall–Kier alpha value is -2.93. The number of aromatic nitrogens is 5. The average Bonchev–Trinajstić information content (AvgIpc) is 3.22.